The summed E-state index contributed by atoms with van der Waals surface area (Å²) in [7, 11) is 2.17. The van der Waals surface area contributed by atoms with E-state index in [0.29, 0.717) is 11.9 Å². The van der Waals surface area contributed by atoms with Crippen LogP contribution in [-0.2, 0) is 0 Å². The van der Waals surface area contributed by atoms with Gasteiger partial charge in [-0.1, -0.05) is 11.6 Å². The second-order valence-corrected chi connectivity index (χ2v) is 7.00. The van der Waals surface area contributed by atoms with Crippen LogP contribution in [0.2, 0.25) is 5.02 Å². The second kappa shape index (κ2) is 7.41. The van der Waals surface area contributed by atoms with Gasteiger partial charge in [0.15, 0.2) is 5.96 Å². The molecule has 1 aromatic rings. The van der Waals surface area contributed by atoms with Gasteiger partial charge in [-0.3, -0.25) is 4.99 Å². The van der Waals surface area contributed by atoms with Gasteiger partial charge in [0.1, 0.15) is 0 Å². The van der Waals surface area contributed by atoms with Crippen LogP contribution in [-0.4, -0.2) is 68.6 Å². The first kappa shape index (κ1) is 16.4. The lowest BCUT2D eigenvalue weighted by Gasteiger charge is -2.36. The van der Waals surface area contributed by atoms with E-state index in [1.807, 2.05) is 12.1 Å². The molecular formula is C17H26ClN5. The predicted molar refractivity (Wildman–Crippen MR) is 97.3 cm³/mol. The number of likely N-dealkylation sites (tertiary alicyclic amines) is 1. The minimum atomic E-state index is 0.661. The summed E-state index contributed by atoms with van der Waals surface area (Å²) < 4.78 is 0. The Hall–Kier alpha value is -1.46. The normalized spacial score (nSPS) is 23.6. The molecule has 2 aliphatic rings. The lowest BCUT2D eigenvalue weighted by molar-refractivity contribution is 0.377. The predicted octanol–water partition coefficient (Wildman–Crippen LogP) is 1.73. The molecule has 0 bridgehead atoms. The first-order valence-electron chi connectivity index (χ1n) is 8.36. The van der Waals surface area contributed by atoms with Crippen molar-refractivity contribution in [3.63, 3.8) is 0 Å². The van der Waals surface area contributed by atoms with E-state index < -0.39 is 0 Å². The monoisotopic (exact) mass is 335 g/mol. The molecule has 1 atom stereocenters. The molecule has 0 amide bonds. The standard InChI is InChI=1S/C17H26ClN5/c1-21-7-6-14(13-21)12-20-17(19)23-10-8-22(9-11-23)16-4-2-15(18)3-5-16/h2-5,14H,6-13H2,1H3,(H2,19,20). The van der Waals surface area contributed by atoms with Crippen molar-refractivity contribution < 1.29 is 0 Å². The smallest absolute Gasteiger partial charge is 0.191 e. The van der Waals surface area contributed by atoms with Gasteiger partial charge in [0, 0.05) is 50.0 Å². The fourth-order valence-electron chi connectivity index (χ4n) is 3.34. The number of halogens is 1. The highest BCUT2D eigenvalue weighted by atomic mass is 35.5. The van der Waals surface area contributed by atoms with E-state index in [0.717, 1.165) is 44.3 Å². The van der Waals surface area contributed by atoms with E-state index in [1.165, 1.54) is 18.7 Å². The molecule has 2 aliphatic heterocycles. The molecule has 2 heterocycles. The van der Waals surface area contributed by atoms with E-state index in [-0.39, 0.29) is 0 Å². The summed E-state index contributed by atoms with van der Waals surface area (Å²) in [5.74, 6) is 1.37. The number of hydrogen-bond donors (Lipinski definition) is 1. The summed E-state index contributed by atoms with van der Waals surface area (Å²) in [5, 5.41) is 0.779. The molecule has 2 saturated heterocycles. The minimum Gasteiger partial charge on any atom is -0.370 e. The Bertz CT molecular complexity index is 536. The zero-order valence-electron chi connectivity index (χ0n) is 13.8. The first-order valence-corrected chi connectivity index (χ1v) is 8.73. The molecule has 0 aromatic heterocycles. The van der Waals surface area contributed by atoms with Crippen LogP contribution in [0, 0.1) is 5.92 Å². The largest absolute Gasteiger partial charge is 0.370 e. The van der Waals surface area contributed by atoms with E-state index in [4.69, 9.17) is 17.3 Å². The number of rotatable bonds is 3. The van der Waals surface area contributed by atoms with Gasteiger partial charge < -0.3 is 20.4 Å². The summed E-state index contributed by atoms with van der Waals surface area (Å²) >= 11 is 5.95. The van der Waals surface area contributed by atoms with Crippen molar-refractivity contribution in [2.75, 3.05) is 57.8 Å². The lowest BCUT2D eigenvalue weighted by atomic mass is 10.1. The molecule has 23 heavy (non-hydrogen) atoms. The molecule has 5 nitrogen and oxygen atoms in total. The Balaban J connectivity index is 1.49. The minimum absolute atomic E-state index is 0.661. The first-order chi connectivity index (χ1) is 11.1. The third-order valence-electron chi connectivity index (χ3n) is 4.80. The number of nitrogens with two attached hydrogens (primary N) is 1. The third-order valence-corrected chi connectivity index (χ3v) is 5.05. The van der Waals surface area contributed by atoms with Crippen LogP contribution in [0.15, 0.2) is 29.3 Å². The zero-order valence-corrected chi connectivity index (χ0v) is 14.5. The fourth-order valence-corrected chi connectivity index (χ4v) is 3.47. The summed E-state index contributed by atoms with van der Waals surface area (Å²) in [6, 6.07) is 8.04. The molecule has 0 saturated carbocycles. The molecule has 0 radical (unpaired) electrons. The topological polar surface area (TPSA) is 48.1 Å². The van der Waals surface area contributed by atoms with Crippen molar-refractivity contribution in [1.82, 2.24) is 9.80 Å². The molecule has 1 unspecified atom stereocenters. The van der Waals surface area contributed by atoms with Gasteiger partial charge in [0.05, 0.1) is 0 Å². The van der Waals surface area contributed by atoms with Gasteiger partial charge in [-0.2, -0.15) is 0 Å². The number of hydrogen-bond acceptors (Lipinski definition) is 3. The van der Waals surface area contributed by atoms with Gasteiger partial charge in [-0.05, 0) is 50.2 Å². The Kier molecular flexibility index (Phi) is 5.28. The Morgan fingerprint density at radius 2 is 1.87 bits per heavy atom. The van der Waals surface area contributed by atoms with Crippen LogP contribution in [0.3, 0.4) is 0 Å². The maximum Gasteiger partial charge on any atom is 0.191 e. The summed E-state index contributed by atoms with van der Waals surface area (Å²) in [4.78, 5) is 11.6. The van der Waals surface area contributed by atoms with Crippen LogP contribution in [0.25, 0.3) is 0 Å². The van der Waals surface area contributed by atoms with Crippen molar-refractivity contribution in [3.8, 4) is 0 Å². The molecule has 1 aromatic carbocycles. The molecule has 2 N–H and O–H groups in total. The average molecular weight is 336 g/mol. The van der Waals surface area contributed by atoms with Crippen LogP contribution in [0.1, 0.15) is 6.42 Å². The van der Waals surface area contributed by atoms with Gasteiger partial charge in [0.2, 0.25) is 0 Å². The number of guanidine groups is 1. The van der Waals surface area contributed by atoms with Crippen LogP contribution in [0.4, 0.5) is 5.69 Å². The van der Waals surface area contributed by atoms with E-state index >= 15 is 0 Å². The number of nitrogens with zero attached hydrogens (tertiary/aromatic N) is 4. The van der Waals surface area contributed by atoms with E-state index in [1.54, 1.807) is 0 Å². The lowest BCUT2D eigenvalue weighted by Crippen LogP contribution is -2.51. The quantitative estimate of drug-likeness (QED) is 0.675. The fraction of sp³-hybridized carbons (Fsp3) is 0.588. The highest BCUT2D eigenvalue weighted by Crippen LogP contribution is 2.19. The third kappa shape index (κ3) is 4.30. The number of benzene rings is 1. The summed E-state index contributed by atoms with van der Waals surface area (Å²) in [6.45, 7) is 6.94. The van der Waals surface area contributed by atoms with E-state index in [9.17, 15) is 0 Å². The molecule has 3 rings (SSSR count). The SMILES string of the molecule is CN1CCC(CN=C(N)N2CCN(c3ccc(Cl)cc3)CC2)C1. The average Bonchev–Trinajstić information content (AvgIpc) is 2.99. The van der Waals surface area contributed by atoms with Gasteiger partial charge in [-0.25, -0.2) is 0 Å². The second-order valence-electron chi connectivity index (χ2n) is 6.57. The number of piperazine rings is 1. The van der Waals surface area contributed by atoms with Gasteiger partial charge >= 0.3 is 0 Å². The molecule has 2 fully saturated rings. The van der Waals surface area contributed by atoms with E-state index in [2.05, 4.69) is 38.9 Å². The number of anilines is 1. The van der Waals surface area contributed by atoms with Crippen molar-refractivity contribution in [2.24, 2.45) is 16.6 Å². The molecule has 6 heteroatoms. The summed E-state index contributed by atoms with van der Waals surface area (Å²) in [5.41, 5.74) is 7.41. The van der Waals surface area contributed by atoms with Crippen molar-refractivity contribution >= 4 is 23.2 Å². The molecule has 126 valence electrons. The Morgan fingerprint density at radius 3 is 2.48 bits per heavy atom. The highest BCUT2D eigenvalue weighted by Gasteiger charge is 2.21. The Morgan fingerprint density at radius 1 is 1.17 bits per heavy atom. The van der Waals surface area contributed by atoms with Gasteiger partial charge in [0.25, 0.3) is 0 Å². The Labute approximate surface area is 143 Å². The van der Waals surface area contributed by atoms with Crippen LogP contribution in [0.5, 0.6) is 0 Å². The van der Waals surface area contributed by atoms with Crippen LogP contribution < -0.4 is 10.6 Å². The molecule has 0 spiro atoms. The number of aliphatic imine (C=N–C) groups is 1. The zero-order chi connectivity index (χ0) is 16.2. The highest BCUT2D eigenvalue weighted by molar-refractivity contribution is 6.30. The van der Waals surface area contributed by atoms with Gasteiger partial charge in [-0.15, -0.1) is 0 Å². The van der Waals surface area contributed by atoms with Crippen molar-refractivity contribution in [3.05, 3.63) is 29.3 Å². The van der Waals surface area contributed by atoms with Crippen LogP contribution >= 0.6 is 11.6 Å². The molecule has 0 aliphatic carbocycles. The summed E-state index contributed by atoms with van der Waals surface area (Å²) in [6.07, 6.45) is 1.23. The maximum absolute atomic E-state index is 6.19. The van der Waals surface area contributed by atoms with Crippen molar-refractivity contribution in [2.45, 2.75) is 6.42 Å². The molecular weight excluding hydrogens is 310 g/mol. The van der Waals surface area contributed by atoms with Crippen molar-refractivity contribution in [1.29, 1.82) is 0 Å². The maximum atomic E-state index is 6.19.